The zero-order chi connectivity index (χ0) is 14.9. The Hall–Kier alpha value is -0.530. The fourth-order valence-electron chi connectivity index (χ4n) is 3.52. The average Bonchev–Trinajstić information content (AvgIpc) is 2.75. The molecule has 0 aliphatic heterocycles. The standard InChI is InChI=1S/C19H30ClN/c1-2-13-21-18(14-16-9-5-3-4-6-10-16)15-17-11-7-8-12-19(17)20/h7-8,11-12,16,18,21H,2-6,9-10,13-15H2,1H3. The Kier molecular flexibility index (Phi) is 7.60. The highest BCUT2D eigenvalue weighted by atomic mass is 35.5. The highest BCUT2D eigenvalue weighted by molar-refractivity contribution is 6.31. The summed E-state index contributed by atoms with van der Waals surface area (Å²) < 4.78 is 0. The molecule has 1 N–H and O–H groups in total. The van der Waals surface area contributed by atoms with Gasteiger partial charge in [-0.05, 0) is 43.4 Å². The van der Waals surface area contributed by atoms with E-state index >= 15 is 0 Å². The summed E-state index contributed by atoms with van der Waals surface area (Å²) >= 11 is 6.34. The van der Waals surface area contributed by atoms with E-state index in [-0.39, 0.29) is 0 Å². The molecular formula is C19H30ClN. The third-order valence-corrected chi connectivity index (χ3v) is 5.07. The summed E-state index contributed by atoms with van der Waals surface area (Å²) in [6.07, 6.45) is 12.2. The molecule has 0 heterocycles. The second-order valence-corrected chi connectivity index (χ2v) is 6.95. The summed E-state index contributed by atoms with van der Waals surface area (Å²) in [6.45, 7) is 3.35. The number of hydrogen-bond acceptors (Lipinski definition) is 1. The number of benzene rings is 1. The van der Waals surface area contributed by atoms with Gasteiger partial charge in [-0.15, -0.1) is 0 Å². The molecule has 0 radical (unpaired) electrons. The highest BCUT2D eigenvalue weighted by Gasteiger charge is 2.18. The van der Waals surface area contributed by atoms with Crippen LogP contribution < -0.4 is 5.32 Å². The van der Waals surface area contributed by atoms with Crippen LogP contribution in [-0.2, 0) is 6.42 Å². The number of rotatable bonds is 7. The number of nitrogens with one attached hydrogen (secondary N) is 1. The van der Waals surface area contributed by atoms with Crippen LogP contribution in [0, 0.1) is 5.92 Å². The largest absolute Gasteiger partial charge is 0.314 e. The summed E-state index contributed by atoms with van der Waals surface area (Å²) in [7, 11) is 0. The van der Waals surface area contributed by atoms with E-state index in [2.05, 4.69) is 24.4 Å². The Labute approximate surface area is 135 Å². The van der Waals surface area contributed by atoms with E-state index in [1.54, 1.807) is 0 Å². The Morgan fingerprint density at radius 2 is 1.86 bits per heavy atom. The van der Waals surface area contributed by atoms with E-state index < -0.39 is 0 Å². The van der Waals surface area contributed by atoms with Crippen molar-refractivity contribution in [3.05, 3.63) is 34.9 Å². The van der Waals surface area contributed by atoms with Crippen molar-refractivity contribution in [2.24, 2.45) is 5.92 Å². The number of halogens is 1. The minimum absolute atomic E-state index is 0.577. The Balaban J connectivity index is 1.94. The van der Waals surface area contributed by atoms with Crippen molar-refractivity contribution in [1.82, 2.24) is 5.32 Å². The van der Waals surface area contributed by atoms with Gasteiger partial charge in [0.15, 0.2) is 0 Å². The van der Waals surface area contributed by atoms with Crippen LogP contribution >= 0.6 is 11.6 Å². The molecule has 0 bridgehead atoms. The molecule has 0 spiro atoms. The molecule has 2 heteroatoms. The van der Waals surface area contributed by atoms with Gasteiger partial charge in [0, 0.05) is 11.1 Å². The summed E-state index contributed by atoms with van der Waals surface area (Å²) in [5, 5.41) is 4.67. The molecular weight excluding hydrogens is 278 g/mol. The molecule has 1 fully saturated rings. The van der Waals surface area contributed by atoms with Crippen molar-refractivity contribution in [1.29, 1.82) is 0 Å². The normalized spacial score (nSPS) is 18.4. The minimum atomic E-state index is 0.577. The maximum atomic E-state index is 6.34. The van der Waals surface area contributed by atoms with Gasteiger partial charge >= 0.3 is 0 Å². The lowest BCUT2D eigenvalue weighted by Crippen LogP contribution is -2.34. The quantitative estimate of drug-likeness (QED) is 0.645. The fourth-order valence-corrected chi connectivity index (χ4v) is 3.73. The van der Waals surface area contributed by atoms with Crippen LogP contribution in [0.5, 0.6) is 0 Å². The van der Waals surface area contributed by atoms with Crippen LogP contribution in [0.15, 0.2) is 24.3 Å². The SMILES string of the molecule is CCCNC(Cc1ccccc1Cl)CC1CCCCCC1. The smallest absolute Gasteiger partial charge is 0.0438 e. The second kappa shape index (κ2) is 9.48. The maximum Gasteiger partial charge on any atom is 0.0438 e. The molecule has 0 saturated heterocycles. The molecule has 21 heavy (non-hydrogen) atoms. The predicted octanol–water partition coefficient (Wildman–Crippen LogP) is 5.61. The lowest BCUT2D eigenvalue weighted by atomic mass is 9.90. The van der Waals surface area contributed by atoms with Crippen LogP contribution in [0.25, 0.3) is 0 Å². The van der Waals surface area contributed by atoms with E-state index in [1.165, 1.54) is 56.9 Å². The molecule has 1 atom stereocenters. The first-order valence-electron chi connectivity index (χ1n) is 8.76. The van der Waals surface area contributed by atoms with Crippen LogP contribution in [0.1, 0.15) is 63.9 Å². The Morgan fingerprint density at radius 3 is 2.52 bits per heavy atom. The minimum Gasteiger partial charge on any atom is -0.314 e. The van der Waals surface area contributed by atoms with Crippen molar-refractivity contribution in [3.63, 3.8) is 0 Å². The van der Waals surface area contributed by atoms with E-state index in [0.29, 0.717) is 6.04 Å². The van der Waals surface area contributed by atoms with E-state index in [9.17, 15) is 0 Å². The van der Waals surface area contributed by atoms with Crippen LogP contribution in [0.2, 0.25) is 5.02 Å². The van der Waals surface area contributed by atoms with E-state index in [1.807, 2.05) is 12.1 Å². The molecule has 1 aliphatic rings. The molecule has 118 valence electrons. The van der Waals surface area contributed by atoms with Gasteiger partial charge in [-0.1, -0.05) is 75.2 Å². The van der Waals surface area contributed by atoms with Crippen molar-refractivity contribution in [2.45, 2.75) is 70.8 Å². The first-order chi connectivity index (χ1) is 10.3. The van der Waals surface area contributed by atoms with Crippen molar-refractivity contribution >= 4 is 11.6 Å². The molecule has 1 aromatic rings. The zero-order valence-corrected chi connectivity index (χ0v) is 14.2. The van der Waals surface area contributed by atoms with Crippen molar-refractivity contribution < 1.29 is 0 Å². The average molecular weight is 308 g/mol. The monoisotopic (exact) mass is 307 g/mol. The van der Waals surface area contributed by atoms with Gasteiger partial charge in [-0.2, -0.15) is 0 Å². The first-order valence-corrected chi connectivity index (χ1v) is 9.14. The summed E-state index contributed by atoms with van der Waals surface area (Å²) in [6, 6.07) is 8.89. The molecule has 0 amide bonds. The predicted molar refractivity (Wildman–Crippen MR) is 93.0 cm³/mol. The van der Waals surface area contributed by atoms with E-state index in [0.717, 1.165) is 23.9 Å². The molecule has 1 unspecified atom stereocenters. The molecule has 1 nitrogen and oxygen atoms in total. The molecule has 2 rings (SSSR count). The Morgan fingerprint density at radius 1 is 1.14 bits per heavy atom. The van der Waals surface area contributed by atoms with Gasteiger partial charge in [0.05, 0.1) is 0 Å². The molecule has 1 aromatic carbocycles. The number of hydrogen-bond donors (Lipinski definition) is 1. The maximum absolute atomic E-state index is 6.34. The molecule has 0 aromatic heterocycles. The summed E-state index contributed by atoms with van der Waals surface area (Å²) in [4.78, 5) is 0. The molecule has 1 saturated carbocycles. The van der Waals surface area contributed by atoms with Gasteiger partial charge in [0.1, 0.15) is 0 Å². The third-order valence-electron chi connectivity index (χ3n) is 4.70. The third kappa shape index (κ3) is 6.00. The highest BCUT2D eigenvalue weighted by Crippen LogP contribution is 2.28. The topological polar surface area (TPSA) is 12.0 Å². The lowest BCUT2D eigenvalue weighted by molar-refractivity contribution is 0.349. The van der Waals surface area contributed by atoms with Crippen LogP contribution in [-0.4, -0.2) is 12.6 Å². The lowest BCUT2D eigenvalue weighted by Gasteiger charge is -2.24. The van der Waals surface area contributed by atoms with Crippen molar-refractivity contribution in [2.75, 3.05) is 6.54 Å². The summed E-state index contributed by atoms with van der Waals surface area (Å²) in [5.41, 5.74) is 1.29. The van der Waals surface area contributed by atoms with E-state index in [4.69, 9.17) is 11.6 Å². The van der Waals surface area contributed by atoms with Gasteiger partial charge in [0.25, 0.3) is 0 Å². The van der Waals surface area contributed by atoms with Crippen LogP contribution in [0.3, 0.4) is 0 Å². The Bertz CT molecular complexity index is 396. The fraction of sp³-hybridized carbons (Fsp3) is 0.684. The van der Waals surface area contributed by atoms with Crippen molar-refractivity contribution in [3.8, 4) is 0 Å². The van der Waals surface area contributed by atoms with Gasteiger partial charge in [-0.3, -0.25) is 0 Å². The van der Waals surface area contributed by atoms with Gasteiger partial charge in [-0.25, -0.2) is 0 Å². The second-order valence-electron chi connectivity index (χ2n) is 6.54. The zero-order valence-electron chi connectivity index (χ0n) is 13.4. The van der Waals surface area contributed by atoms with Gasteiger partial charge < -0.3 is 5.32 Å². The van der Waals surface area contributed by atoms with Gasteiger partial charge in [0.2, 0.25) is 0 Å². The molecule has 1 aliphatic carbocycles. The van der Waals surface area contributed by atoms with Crippen LogP contribution in [0.4, 0.5) is 0 Å². The summed E-state index contributed by atoms with van der Waals surface area (Å²) in [5.74, 6) is 0.907. The first kappa shape index (κ1) is 16.8.